The molecule has 0 saturated carbocycles. The van der Waals surface area contributed by atoms with Crippen molar-refractivity contribution in [3.8, 4) is 0 Å². The number of nitrogens with zero attached hydrogens (tertiary/aromatic N) is 1. The zero-order valence-corrected chi connectivity index (χ0v) is 12.4. The normalized spacial score (nSPS) is 18.1. The molecule has 2 heteroatoms. The van der Waals surface area contributed by atoms with Gasteiger partial charge >= 0.3 is 0 Å². The van der Waals surface area contributed by atoms with Gasteiger partial charge in [-0.3, -0.25) is 0 Å². The van der Waals surface area contributed by atoms with Gasteiger partial charge in [0.2, 0.25) is 0 Å². The largest absolute Gasteiger partial charge is 0.368 e. The smallest absolute Gasteiger partial charge is 0.0405 e. The van der Waals surface area contributed by atoms with E-state index in [1.165, 1.54) is 43.5 Å². The summed E-state index contributed by atoms with van der Waals surface area (Å²) in [6.45, 7) is 6.55. The van der Waals surface area contributed by atoms with Crippen LogP contribution in [0.4, 0.5) is 5.69 Å². The molecule has 0 spiro atoms. The minimum absolute atomic E-state index is 0.636. The summed E-state index contributed by atoms with van der Waals surface area (Å²) in [6.07, 6.45) is 6.25. The van der Waals surface area contributed by atoms with Gasteiger partial charge in [-0.05, 0) is 37.4 Å². The number of hydrogen-bond acceptors (Lipinski definition) is 2. The molecule has 1 unspecified atom stereocenters. The Morgan fingerprint density at radius 1 is 1.21 bits per heavy atom. The molecule has 19 heavy (non-hydrogen) atoms. The summed E-state index contributed by atoms with van der Waals surface area (Å²) in [5.74, 6) is 0.636. The molecule has 2 N–H and O–H groups in total. The lowest BCUT2D eigenvalue weighted by Gasteiger charge is -2.30. The van der Waals surface area contributed by atoms with Crippen LogP contribution in [-0.4, -0.2) is 19.1 Å². The van der Waals surface area contributed by atoms with Gasteiger partial charge in [0.1, 0.15) is 0 Å². The third-order valence-electron chi connectivity index (χ3n) is 4.30. The lowest BCUT2D eigenvalue weighted by molar-refractivity contribution is 0.497. The maximum absolute atomic E-state index is 5.79. The highest BCUT2D eigenvalue weighted by molar-refractivity contribution is 5.60. The fourth-order valence-electron chi connectivity index (χ4n) is 3.44. The van der Waals surface area contributed by atoms with E-state index in [1.807, 2.05) is 0 Å². The Bertz CT molecular complexity index is 383. The van der Waals surface area contributed by atoms with E-state index < -0.39 is 0 Å². The molecule has 1 heterocycles. The van der Waals surface area contributed by atoms with Gasteiger partial charge in [0.25, 0.3) is 0 Å². The molecule has 1 aromatic rings. The van der Waals surface area contributed by atoms with Crippen molar-refractivity contribution in [2.24, 2.45) is 5.73 Å². The quantitative estimate of drug-likeness (QED) is 0.805. The van der Waals surface area contributed by atoms with Gasteiger partial charge in [-0.2, -0.15) is 0 Å². The van der Waals surface area contributed by atoms with E-state index in [0.717, 1.165) is 13.0 Å². The van der Waals surface area contributed by atoms with Crippen LogP contribution < -0.4 is 10.6 Å². The minimum atomic E-state index is 0.636. The minimum Gasteiger partial charge on any atom is -0.368 e. The van der Waals surface area contributed by atoms with Crippen LogP contribution in [0.15, 0.2) is 24.3 Å². The summed E-state index contributed by atoms with van der Waals surface area (Å²) in [7, 11) is 0. The first-order valence-corrected chi connectivity index (χ1v) is 7.87. The van der Waals surface area contributed by atoms with E-state index in [1.54, 1.807) is 0 Å². The number of rotatable bonds is 7. The summed E-state index contributed by atoms with van der Waals surface area (Å²) >= 11 is 0. The monoisotopic (exact) mass is 260 g/mol. The topological polar surface area (TPSA) is 29.3 Å². The maximum atomic E-state index is 5.79. The van der Waals surface area contributed by atoms with Gasteiger partial charge in [0.15, 0.2) is 0 Å². The highest BCUT2D eigenvalue weighted by Crippen LogP contribution is 2.40. The second-order valence-corrected chi connectivity index (χ2v) is 5.72. The summed E-state index contributed by atoms with van der Waals surface area (Å²) in [6, 6.07) is 9.64. The van der Waals surface area contributed by atoms with Crippen molar-refractivity contribution in [3.63, 3.8) is 0 Å². The molecule has 0 fully saturated rings. The van der Waals surface area contributed by atoms with Crippen LogP contribution in [-0.2, 0) is 0 Å². The highest BCUT2D eigenvalue weighted by Gasteiger charge is 2.31. The molecule has 2 nitrogen and oxygen atoms in total. The first-order chi connectivity index (χ1) is 9.31. The lowest BCUT2D eigenvalue weighted by Crippen LogP contribution is -2.34. The van der Waals surface area contributed by atoms with E-state index in [0.29, 0.717) is 12.0 Å². The first-order valence-electron chi connectivity index (χ1n) is 7.87. The highest BCUT2D eigenvalue weighted by atomic mass is 15.2. The van der Waals surface area contributed by atoms with E-state index in [2.05, 4.69) is 43.0 Å². The van der Waals surface area contributed by atoms with E-state index in [4.69, 9.17) is 5.73 Å². The molecule has 1 aromatic carbocycles. The Kier molecular flexibility index (Phi) is 5.26. The molecule has 0 bridgehead atoms. The summed E-state index contributed by atoms with van der Waals surface area (Å²) in [5, 5.41) is 0. The number of benzene rings is 1. The Morgan fingerprint density at radius 3 is 2.53 bits per heavy atom. The van der Waals surface area contributed by atoms with Crippen LogP contribution in [0.1, 0.15) is 57.4 Å². The van der Waals surface area contributed by atoms with Gasteiger partial charge in [0, 0.05) is 24.2 Å². The molecule has 1 aliphatic heterocycles. The fraction of sp³-hybridized carbons (Fsp3) is 0.647. The molecule has 1 aliphatic rings. The van der Waals surface area contributed by atoms with Gasteiger partial charge < -0.3 is 10.6 Å². The molecule has 106 valence electrons. The van der Waals surface area contributed by atoms with Crippen LogP contribution >= 0.6 is 0 Å². The Labute approximate surface area is 118 Å². The van der Waals surface area contributed by atoms with Gasteiger partial charge in [-0.1, -0.05) is 44.9 Å². The molecule has 0 aromatic heterocycles. The molecule has 0 aliphatic carbocycles. The number of para-hydroxylation sites is 1. The lowest BCUT2D eigenvalue weighted by atomic mass is 9.98. The SMILES string of the molecule is CCCC(CCC)N1CC(CCN)c2ccccc21. The predicted octanol–water partition coefficient (Wildman–Crippen LogP) is 3.91. The number of hydrogen-bond donors (Lipinski definition) is 1. The summed E-state index contributed by atoms with van der Waals surface area (Å²) in [5.41, 5.74) is 8.77. The van der Waals surface area contributed by atoms with Crippen molar-refractivity contribution in [3.05, 3.63) is 29.8 Å². The van der Waals surface area contributed by atoms with Crippen LogP contribution in [0.2, 0.25) is 0 Å². The Hall–Kier alpha value is -1.02. The number of fused-ring (bicyclic) bond motifs is 1. The second kappa shape index (κ2) is 6.95. The molecule has 2 rings (SSSR count). The molecule has 0 radical (unpaired) electrons. The zero-order valence-electron chi connectivity index (χ0n) is 12.4. The van der Waals surface area contributed by atoms with Crippen LogP contribution in [0.3, 0.4) is 0 Å². The van der Waals surface area contributed by atoms with Crippen molar-refractivity contribution in [2.75, 3.05) is 18.0 Å². The molecule has 0 amide bonds. The maximum Gasteiger partial charge on any atom is 0.0405 e. The van der Waals surface area contributed by atoms with Crippen molar-refractivity contribution in [1.29, 1.82) is 0 Å². The summed E-state index contributed by atoms with van der Waals surface area (Å²) < 4.78 is 0. The number of anilines is 1. The van der Waals surface area contributed by atoms with Crippen molar-refractivity contribution in [1.82, 2.24) is 0 Å². The average molecular weight is 260 g/mol. The van der Waals surface area contributed by atoms with Crippen LogP contribution in [0.25, 0.3) is 0 Å². The summed E-state index contributed by atoms with van der Waals surface area (Å²) in [4.78, 5) is 2.66. The predicted molar refractivity (Wildman–Crippen MR) is 83.8 cm³/mol. The van der Waals surface area contributed by atoms with Crippen LogP contribution in [0, 0.1) is 0 Å². The van der Waals surface area contributed by atoms with Gasteiger partial charge in [-0.15, -0.1) is 0 Å². The Balaban J connectivity index is 2.22. The van der Waals surface area contributed by atoms with Crippen LogP contribution in [0.5, 0.6) is 0 Å². The molecular formula is C17H28N2. The molecule has 1 atom stereocenters. The number of nitrogens with two attached hydrogens (primary N) is 1. The van der Waals surface area contributed by atoms with E-state index in [9.17, 15) is 0 Å². The standard InChI is InChI=1S/C17H28N2/c1-3-7-15(8-4-2)19-13-14(11-12-18)16-9-5-6-10-17(16)19/h5-6,9-10,14-15H,3-4,7-8,11-13,18H2,1-2H3. The Morgan fingerprint density at radius 2 is 1.89 bits per heavy atom. The van der Waals surface area contributed by atoms with Crippen molar-refractivity contribution < 1.29 is 0 Å². The van der Waals surface area contributed by atoms with Gasteiger partial charge in [0.05, 0.1) is 0 Å². The third-order valence-corrected chi connectivity index (χ3v) is 4.30. The van der Waals surface area contributed by atoms with Gasteiger partial charge in [-0.25, -0.2) is 0 Å². The van der Waals surface area contributed by atoms with E-state index >= 15 is 0 Å². The van der Waals surface area contributed by atoms with Crippen molar-refractivity contribution in [2.45, 2.75) is 57.9 Å². The molecule has 0 saturated heterocycles. The van der Waals surface area contributed by atoms with E-state index in [-0.39, 0.29) is 0 Å². The average Bonchev–Trinajstić information content (AvgIpc) is 2.78. The zero-order chi connectivity index (χ0) is 13.7. The first kappa shape index (κ1) is 14.4. The molecular weight excluding hydrogens is 232 g/mol. The fourth-order valence-corrected chi connectivity index (χ4v) is 3.44. The second-order valence-electron chi connectivity index (χ2n) is 5.72. The third kappa shape index (κ3) is 3.11. The van der Waals surface area contributed by atoms with Crippen molar-refractivity contribution >= 4 is 5.69 Å².